The molecule has 0 amide bonds. The van der Waals surface area contributed by atoms with E-state index in [9.17, 15) is 19.1 Å². The number of hydrogen-bond acceptors (Lipinski definition) is 4. The Bertz CT molecular complexity index is 1380. The number of carboxylic acids is 1. The molecule has 0 aliphatic carbocycles. The third-order valence-electron chi connectivity index (χ3n) is 6.10. The van der Waals surface area contributed by atoms with Crippen molar-refractivity contribution in [3.05, 3.63) is 69.8 Å². The van der Waals surface area contributed by atoms with Gasteiger partial charge in [0.15, 0.2) is 10.9 Å². The van der Waals surface area contributed by atoms with Crippen LogP contribution in [0.15, 0.2) is 41.3 Å². The van der Waals surface area contributed by atoms with Crippen LogP contribution in [-0.4, -0.2) is 51.3 Å². The highest BCUT2D eigenvalue weighted by atomic mass is 32.1. The summed E-state index contributed by atoms with van der Waals surface area (Å²) in [7, 11) is 0. The monoisotopic (exact) mass is 504 g/mol. The Balaban J connectivity index is 1.63. The molecule has 2 heterocycles. The van der Waals surface area contributed by atoms with E-state index >= 15 is 8.78 Å². The lowest BCUT2D eigenvalue weighted by molar-refractivity contribution is 0.0694. The fraction of sp³-hybridized carbons (Fsp3) is 0.292. The number of aryl methyl sites for hydroxylation is 1. The van der Waals surface area contributed by atoms with E-state index in [2.05, 4.69) is 5.32 Å². The number of nitrogens with one attached hydrogen (secondary N) is 1. The van der Waals surface area contributed by atoms with Crippen LogP contribution in [0.4, 0.5) is 24.5 Å². The molecular weight excluding hydrogens is 481 g/mol. The number of aromatic carboxylic acids is 1. The lowest BCUT2D eigenvalue weighted by Crippen LogP contribution is -2.55. The molecule has 1 aliphatic heterocycles. The van der Waals surface area contributed by atoms with Crippen molar-refractivity contribution in [1.82, 2.24) is 9.47 Å². The molecule has 7 nitrogen and oxygen atoms in total. The second-order valence-corrected chi connectivity index (χ2v) is 8.69. The first-order valence-electron chi connectivity index (χ1n) is 11.0. The number of benzene rings is 2. The normalized spacial score (nSPS) is 16.0. The van der Waals surface area contributed by atoms with Crippen molar-refractivity contribution >= 4 is 45.6 Å². The topological polar surface area (TPSA) is 77.8 Å². The molecule has 2 aromatic carbocycles. The lowest BCUT2D eigenvalue weighted by Gasteiger charge is -2.42. The summed E-state index contributed by atoms with van der Waals surface area (Å²) in [6.45, 7) is 4.58. The maximum atomic E-state index is 15.7. The Morgan fingerprint density at radius 2 is 1.89 bits per heavy atom. The molecule has 1 saturated heterocycles. The van der Waals surface area contributed by atoms with Crippen molar-refractivity contribution in [3.8, 4) is 0 Å². The predicted octanol–water partition coefficient (Wildman–Crippen LogP) is 4.04. The van der Waals surface area contributed by atoms with E-state index < -0.39 is 28.6 Å². The molecular formula is C24H23F3N4O3S. The van der Waals surface area contributed by atoms with Crippen LogP contribution in [0.1, 0.15) is 24.2 Å². The Labute approximate surface area is 204 Å². The van der Waals surface area contributed by atoms with Crippen molar-refractivity contribution in [3.63, 3.8) is 0 Å². The zero-order valence-electron chi connectivity index (χ0n) is 19.0. The maximum absolute atomic E-state index is 15.7. The van der Waals surface area contributed by atoms with Gasteiger partial charge in [0.2, 0.25) is 5.43 Å². The summed E-state index contributed by atoms with van der Waals surface area (Å²) in [4.78, 5) is 27.4. The molecule has 0 saturated carbocycles. The van der Waals surface area contributed by atoms with Crippen molar-refractivity contribution in [1.29, 1.82) is 0 Å². The minimum atomic E-state index is -1.46. The van der Waals surface area contributed by atoms with Gasteiger partial charge in [0.05, 0.1) is 10.9 Å². The van der Waals surface area contributed by atoms with E-state index in [0.717, 1.165) is 12.3 Å². The number of piperazine rings is 1. The first-order valence-corrected chi connectivity index (χ1v) is 11.4. The number of hydrogen-bond donors (Lipinski definition) is 2. The fourth-order valence-corrected chi connectivity index (χ4v) is 4.75. The van der Waals surface area contributed by atoms with Crippen molar-refractivity contribution < 1.29 is 23.1 Å². The number of thiocarbonyl (C=S) groups is 1. The summed E-state index contributed by atoms with van der Waals surface area (Å²) in [6.07, 6.45) is 1.08. The summed E-state index contributed by atoms with van der Waals surface area (Å²) in [6, 6.07) is 6.43. The van der Waals surface area contributed by atoms with E-state index in [1.54, 1.807) is 24.0 Å². The molecule has 0 spiro atoms. The van der Waals surface area contributed by atoms with Crippen molar-refractivity contribution in [2.45, 2.75) is 26.4 Å². The van der Waals surface area contributed by atoms with E-state index in [4.69, 9.17) is 12.2 Å². The summed E-state index contributed by atoms with van der Waals surface area (Å²) >= 11 is 5.48. The highest BCUT2D eigenvalue weighted by molar-refractivity contribution is 7.80. The number of anilines is 2. The highest BCUT2D eigenvalue weighted by Crippen LogP contribution is 2.31. The Kier molecular flexibility index (Phi) is 6.70. The molecule has 184 valence electrons. The SMILES string of the molecule is CCn1cc(C(=O)O)c(=O)c2cc(F)c(N3CCN(C(=S)Nc4ccc(F)cc4)C(C)C3)c(F)c21. The van der Waals surface area contributed by atoms with Gasteiger partial charge in [0.1, 0.15) is 22.9 Å². The average molecular weight is 505 g/mol. The first-order chi connectivity index (χ1) is 16.6. The molecule has 2 N–H and O–H groups in total. The smallest absolute Gasteiger partial charge is 0.341 e. The van der Waals surface area contributed by atoms with Crippen molar-refractivity contribution in [2.75, 3.05) is 29.9 Å². The number of carboxylic acid groups (broad SMARTS) is 1. The van der Waals surface area contributed by atoms with Gasteiger partial charge in [0.25, 0.3) is 0 Å². The Hall–Kier alpha value is -3.60. The largest absolute Gasteiger partial charge is 0.477 e. The van der Waals surface area contributed by atoms with Crippen LogP contribution in [0, 0.1) is 17.5 Å². The van der Waals surface area contributed by atoms with Crippen LogP contribution in [0.2, 0.25) is 0 Å². The molecule has 1 fully saturated rings. The highest BCUT2D eigenvalue weighted by Gasteiger charge is 2.31. The maximum Gasteiger partial charge on any atom is 0.341 e. The van der Waals surface area contributed by atoms with Gasteiger partial charge in [-0.2, -0.15) is 0 Å². The van der Waals surface area contributed by atoms with Crippen LogP contribution in [-0.2, 0) is 6.54 Å². The number of nitrogens with zero attached hydrogens (tertiary/aromatic N) is 3. The number of fused-ring (bicyclic) bond motifs is 1. The van der Waals surface area contributed by atoms with E-state index in [1.165, 1.54) is 16.7 Å². The van der Waals surface area contributed by atoms with Gasteiger partial charge in [-0.05, 0) is 56.4 Å². The molecule has 0 radical (unpaired) electrons. The van der Waals surface area contributed by atoms with E-state index in [1.807, 2.05) is 11.8 Å². The van der Waals surface area contributed by atoms with E-state index in [-0.39, 0.29) is 48.1 Å². The van der Waals surface area contributed by atoms with Gasteiger partial charge in [0, 0.05) is 44.1 Å². The number of aromatic nitrogens is 1. The van der Waals surface area contributed by atoms with Gasteiger partial charge < -0.3 is 24.8 Å². The summed E-state index contributed by atoms with van der Waals surface area (Å²) in [5.41, 5.74) is -1.27. The van der Waals surface area contributed by atoms with Gasteiger partial charge in [-0.15, -0.1) is 0 Å². The molecule has 1 aliphatic rings. The summed E-state index contributed by atoms with van der Waals surface area (Å²) in [5.74, 6) is -3.68. The fourth-order valence-electron chi connectivity index (χ4n) is 4.36. The van der Waals surface area contributed by atoms with Crippen LogP contribution in [0.5, 0.6) is 0 Å². The number of carbonyl (C=O) groups is 1. The third kappa shape index (κ3) is 4.55. The molecule has 1 aromatic heterocycles. The average Bonchev–Trinajstić information content (AvgIpc) is 2.81. The Morgan fingerprint density at radius 3 is 2.49 bits per heavy atom. The zero-order chi connectivity index (χ0) is 25.4. The molecule has 35 heavy (non-hydrogen) atoms. The van der Waals surface area contributed by atoms with Gasteiger partial charge in [-0.1, -0.05) is 0 Å². The second kappa shape index (κ2) is 9.57. The standard InChI is InChI=1S/C24H23F3N4O3S/c1-3-29-12-17(23(33)34)22(32)16-10-18(26)21(19(27)20(16)29)30-8-9-31(13(2)11-30)24(35)28-15-6-4-14(25)5-7-15/h4-7,10,12-13H,3,8-9,11H2,1-2H3,(H,28,35)(H,33,34). The van der Waals surface area contributed by atoms with Crippen LogP contribution in [0.25, 0.3) is 10.9 Å². The molecule has 1 unspecified atom stereocenters. The van der Waals surface area contributed by atoms with Crippen LogP contribution >= 0.6 is 12.2 Å². The second-order valence-electron chi connectivity index (χ2n) is 8.31. The van der Waals surface area contributed by atoms with Gasteiger partial charge in [-0.3, -0.25) is 4.79 Å². The molecule has 4 rings (SSSR count). The number of rotatable bonds is 4. The molecule has 11 heteroatoms. The summed E-state index contributed by atoms with van der Waals surface area (Å²) < 4.78 is 45.3. The molecule has 3 aromatic rings. The molecule has 1 atom stereocenters. The zero-order valence-corrected chi connectivity index (χ0v) is 19.8. The minimum Gasteiger partial charge on any atom is -0.477 e. The molecule has 0 bridgehead atoms. The van der Waals surface area contributed by atoms with Gasteiger partial charge in [-0.25, -0.2) is 18.0 Å². The minimum absolute atomic E-state index is 0.137. The van der Waals surface area contributed by atoms with Crippen LogP contribution in [0.3, 0.4) is 0 Å². The number of pyridine rings is 1. The predicted molar refractivity (Wildman–Crippen MR) is 132 cm³/mol. The Morgan fingerprint density at radius 1 is 1.20 bits per heavy atom. The summed E-state index contributed by atoms with van der Waals surface area (Å²) in [5, 5.41) is 12.4. The van der Waals surface area contributed by atoms with Crippen LogP contribution < -0.4 is 15.6 Å². The van der Waals surface area contributed by atoms with Gasteiger partial charge >= 0.3 is 5.97 Å². The van der Waals surface area contributed by atoms with Crippen molar-refractivity contribution in [2.24, 2.45) is 0 Å². The number of halogens is 3. The third-order valence-corrected chi connectivity index (χ3v) is 6.44. The first kappa shape index (κ1) is 24.5. The lowest BCUT2D eigenvalue weighted by atomic mass is 10.1. The van der Waals surface area contributed by atoms with E-state index in [0.29, 0.717) is 17.3 Å². The quantitative estimate of drug-likeness (QED) is 0.520.